The Morgan fingerprint density at radius 2 is 1.62 bits per heavy atom. The molecule has 1 unspecified atom stereocenters. The van der Waals surface area contributed by atoms with Crippen LogP contribution in [0.4, 0.5) is 10.1 Å². The van der Waals surface area contributed by atoms with Crippen LogP contribution in [-0.2, 0) is 14.8 Å². The quantitative estimate of drug-likeness (QED) is 0.646. The second-order valence-corrected chi connectivity index (χ2v) is 10.7. The van der Waals surface area contributed by atoms with E-state index < -0.39 is 15.8 Å². The van der Waals surface area contributed by atoms with Gasteiger partial charge in [-0.2, -0.15) is 0 Å². The fourth-order valence-electron chi connectivity index (χ4n) is 4.69. The van der Waals surface area contributed by atoms with Gasteiger partial charge in [0.25, 0.3) is 15.9 Å². The highest BCUT2D eigenvalue weighted by Gasteiger charge is 2.31. The molecule has 1 aliphatic heterocycles. The number of para-hydroxylation sites is 1. The highest BCUT2D eigenvalue weighted by Crippen LogP contribution is 2.25. The monoisotopic (exact) mass is 487 g/mol. The maximum absolute atomic E-state index is 13.4. The van der Waals surface area contributed by atoms with Gasteiger partial charge in [-0.3, -0.25) is 14.3 Å². The standard InChI is InChI=1S/C25H30FN3O4S/c26-19-12-14-21(15-13-19)34(32,33)28-23-11-5-4-10-22(23)25(31)29-16-6-7-18(17-29)24(30)27-20-8-2-1-3-9-20/h4-5,10-15,18,20,28H,1-3,6-9,16-17H2,(H,27,30). The third-order valence-corrected chi connectivity index (χ3v) is 7.94. The van der Waals surface area contributed by atoms with Gasteiger partial charge in [0, 0.05) is 19.1 Å². The summed E-state index contributed by atoms with van der Waals surface area (Å²) in [5, 5.41) is 3.16. The summed E-state index contributed by atoms with van der Waals surface area (Å²) in [7, 11) is -4.01. The fourth-order valence-corrected chi connectivity index (χ4v) is 5.77. The molecular formula is C25H30FN3O4S. The van der Waals surface area contributed by atoms with E-state index in [1.54, 1.807) is 23.1 Å². The van der Waals surface area contributed by atoms with Gasteiger partial charge in [0.1, 0.15) is 5.82 Å². The molecule has 34 heavy (non-hydrogen) atoms. The van der Waals surface area contributed by atoms with E-state index in [-0.39, 0.29) is 39.9 Å². The summed E-state index contributed by atoms with van der Waals surface area (Å²) in [6, 6.07) is 11.1. The Bertz CT molecular complexity index is 1130. The lowest BCUT2D eigenvalue weighted by Crippen LogP contribution is -2.48. The Kier molecular flexibility index (Phi) is 7.50. The summed E-state index contributed by atoms with van der Waals surface area (Å²) in [5.74, 6) is -1.15. The highest BCUT2D eigenvalue weighted by atomic mass is 32.2. The number of piperidine rings is 1. The van der Waals surface area contributed by atoms with E-state index in [2.05, 4.69) is 10.0 Å². The average molecular weight is 488 g/mol. The van der Waals surface area contributed by atoms with Crippen molar-refractivity contribution in [2.45, 2.75) is 55.9 Å². The topological polar surface area (TPSA) is 95.6 Å². The van der Waals surface area contributed by atoms with Crippen LogP contribution in [0, 0.1) is 11.7 Å². The minimum Gasteiger partial charge on any atom is -0.353 e. The molecule has 2 aromatic rings. The summed E-state index contributed by atoms with van der Waals surface area (Å²) < 4.78 is 41.2. The number of amides is 2. The zero-order valence-electron chi connectivity index (χ0n) is 19.0. The van der Waals surface area contributed by atoms with E-state index in [1.165, 1.54) is 24.6 Å². The second kappa shape index (κ2) is 10.5. The molecule has 2 fully saturated rings. The molecule has 1 heterocycles. The minimum atomic E-state index is -4.01. The molecule has 0 bridgehead atoms. The van der Waals surface area contributed by atoms with Crippen molar-refractivity contribution < 1.29 is 22.4 Å². The van der Waals surface area contributed by atoms with E-state index in [0.717, 1.165) is 44.2 Å². The number of hydrogen-bond donors (Lipinski definition) is 2. The molecule has 0 spiro atoms. The summed E-state index contributed by atoms with van der Waals surface area (Å²) in [5.41, 5.74) is 0.354. The third kappa shape index (κ3) is 5.75. The summed E-state index contributed by atoms with van der Waals surface area (Å²) in [4.78, 5) is 27.7. The van der Waals surface area contributed by atoms with Gasteiger partial charge in [-0.05, 0) is 62.1 Å². The number of benzene rings is 2. The predicted molar refractivity (Wildman–Crippen MR) is 127 cm³/mol. The van der Waals surface area contributed by atoms with E-state index in [4.69, 9.17) is 0 Å². The van der Waals surface area contributed by atoms with Gasteiger partial charge in [0.05, 0.1) is 22.1 Å². The Morgan fingerprint density at radius 1 is 0.912 bits per heavy atom. The molecule has 0 aromatic heterocycles. The van der Waals surface area contributed by atoms with Crippen molar-refractivity contribution in [2.24, 2.45) is 5.92 Å². The number of nitrogens with zero attached hydrogens (tertiary/aromatic N) is 1. The Morgan fingerprint density at radius 3 is 2.35 bits per heavy atom. The van der Waals surface area contributed by atoms with Crippen LogP contribution in [0.15, 0.2) is 53.4 Å². The second-order valence-electron chi connectivity index (χ2n) is 9.04. The SMILES string of the molecule is O=C(NC1CCCCC1)C1CCCN(C(=O)c2ccccc2NS(=O)(=O)c2ccc(F)cc2)C1. The van der Waals surface area contributed by atoms with Crippen molar-refractivity contribution in [2.75, 3.05) is 17.8 Å². The molecule has 1 saturated heterocycles. The number of anilines is 1. The number of likely N-dealkylation sites (tertiary alicyclic amines) is 1. The maximum Gasteiger partial charge on any atom is 0.261 e. The van der Waals surface area contributed by atoms with Crippen molar-refractivity contribution in [1.82, 2.24) is 10.2 Å². The lowest BCUT2D eigenvalue weighted by molar-refractivity contribution is -0.127. The molecular weight excluding hydrogens is 457 g/mol. The Labute approximate surface area is 199 Å². The first-order valence-corrected chi connectivity index (χ1v) is 13.3. The smallest absolute Gasteiger partial charge is 0.261 e. The molecule has 2 aromatic carbocycles. The van der Waals surface area contributed by atoms with E-state index in [0.29, 0.717) is 19.5 Å². The maximum atomic E-state index is 13.4. The molecule has 2 N–H and O–H groups in total. The van der Waals surface area contributed by atoms with Gasteiger partial charge in [-0.1, -0.05) is 31.4 Å². The van der Waals surface area contributed by atoms with E-state index in [1.807, 2.05) is 0 Å². The molecule has 1 atom stereocenters. The van der Waals surface area contributed by atoms with Crippen molar-refractivity contribution in [3.05, 3.63) is 59.9 Å². The van der Waals surface area contributed by atoms with E-state index >= 15 is 0 Å². The lowest BCUT2D eigenvalue weighted by atomic mass is 9.92. The van der Waals surface area contributed by atoms with Crippen molar-refractivity contribution >= 4 is 27.5 Å². The van der Waals surface area contributed by atoms with Crippen LogP contribution in [0.2, 0.25) is 0 Å². The molecule has 2 aliphatic rings. The number of hydrogen-bond acceptors (Lipinski definition) is 4. The number of nitrogens with one attached hydrogen (secondary N) is 2. The predicted octanol–water partition coefficient (Wildman–Crippen LogP) is 3.93. The number of halogens is 1. The number of carbonyl (C=O) groups is 2. The largest absolute Gasteiger partial charge is 0.353 e. The van der Waals surface area contributed by atoms with Crippen LogP contribution in [0.3, 0.4) is 0 Å². The zero-order valence-corrected chi connectivity index (χ0v) is 19.8. The number of sulfonamides is 1. The summed E-state index contributed by atoms with van der Waals surface area (Å²) in [6.07, 6.45) is 6.91. The highest BCUT2D eigenvalue weighted by molar-refractivity contribution is 7.92. The molecule has 4 rings (SSSR count). The van der Waals surface area contributed by atoms with Gasteiger partial charge in [0.15, 0.2) is 0 Å². The van der Waals surface area contributed by atoms with Crippen LogP contribution in [0.5, 0.6) is 0 Å². The van der Waals surface area contributed by atoms with Crippen molar-refractivity contribution in [3.8, 4) is 0 Å². The van der Waals surface area contributed by atoms with Gasteiger partial charge in [0.2, 0.25) is 5.91 Å². The zero-order chi connectivity index (χ0) is 24.1. The fraction of sp³-hybridized carbons (Fsp3) is 0.440. The molecule has 1 saturated carbocycles. The lowest BCUT2D eigenvalue weighted by Gasteiger charge is -2.34. The van der Waals surface area contributed by atoms with Crippen molar-refractivity contribution in [1.29, 1.82) is 0 Å². The average Bonchev–Trinajstić information content (AvgIpc) is 2.85. The minimum absolute atomic E-state index is 0.00491. The molecule has 2 amide bonds. The number of rotatable bonds is 6. The Balaban J connectivity index is 1.46. The first-order chi connectivity index (χ1) is 16.3. The first kappa shape index (κ1) is 24.2. The molecule has 1 aliphatic carbocycles. The van der Waals surface area contributed by atoms with Gasteiger partial charge in [-0.25, -0.2) is 12.8 Å². The normalized spacial score (nSPS) is 19.4. The van der Waals surface area contributed by atoms with Crippen LogP contribution in [0.25, 0.3) is 0 Å². The Hall–Kier alpha value is -2.94. The van der Waals surface area contributed by atoms with Crippen LogP contribution in [-0.4, -0.2) is 44.3 Å². The molecule has 0 radical (unpaired) electrons. The first-order valence-electron chi connectivity index (χ1n) is 11.8. The summed E-state index contributed by atoms with van der Waals surface area (Å²) in [6.45, 7) is 0.807. The van der Waals surface area contributed by atoms with Crippen LogP contribution < -0.4 is 10.0 Å². The van der Waals surface area contributed by atoms with Gasteiger partial charge >= 0.3 is 0 Å². The third-order valence-electron chi connectivity index (χ3n) is 6.56. The van der Waals surface area contributed by atoms with Crippen molar-refractivity contribution in [3.63, 3.8) is 0 Å². The molecule has 182 valence electrons. The van der Waals surface area contributed by atoms with E-state index in [9.17, 15) is 22.4 Å². The number of carbonyl (C=O) groups excluding carboxylic acids is 2. The van der Waals surface area contributed by atoms with Crippen LogP contribution in [0.1, 0.15) is 55.3 Å². The molecule has 7 nitrogen and oxygen atoms in total. The van der Waals surface area contributed by atoms with Gasteiger partial charge in [-0.15, -0.1) is 0 Å². The summed E-state index contributed by atoms with van der Waals surface area (Å²) >= 11 is 0. The molecule has 9 heteroatoms. The van der Waals surface area contributed by atoms with Gasteiger partial charge < -0.3 is 10.2 Å². The van der Waals surface area contributed by atoms with Crippen LogP contribution >= 0.6 is 0 Å².